The number of pyridine rings is 1. The number of aromatic nitrogens is 1. The average Bonchev–Trinajstić information content (AvgIpc) is 2.66. The molecule has 1 saturated heterocycles. The molecule has 5 nitrogen and oxygen atoms in total. The minimum atomic E-state index is -0.298. The lowest BCUT2D eigenvalue weighted by Gasteiger charge is -2.32. The Morgan fingerprint density at radius 2 is 2.04 bits per heavy atom. The Balaban J connectivity index is 1.75. The maximum Gasteiger partial charge on any atom is 0.241 e. The fourth-order valence-corrected chi connectivity index (χ4v) is 3.25. The number of nitrogens with zero attached hydrogens (tertiary/aromatic N) is 2. The highest BCUT2D eigenvalue weighted by Gasteiger charge is 2.25. The molecule has 1 atom stereocenters. The molecular weight excluding hydrogens is 333 g/mol. The van der Waals surface area contributed by atoms with Gasteiger partial charge in [0.2, 0.25) is 11.8 Å². The number of hydrogen-bond donors (Lipinski definition) is 1. The van der Waals surface area contributed by atoms with E-state index in [-0.39, 0.29) is 30.1 Å². The van der Waals surface area contributed by atoms with E-state index in [0.29, 0.717) is 24.3 Å². The van der Waals surface area contributed by atoms with Gasteiger partial charge < -0.3 is 10.2 Å². The molecule has 26 heavy (non-hydrogen) atoms. The summed E-state index contributed by atoms with van der Waals surface area (Å²) in [6.07, 6.45) is 1.81. The van der Waals surface area contributed by atoms with Gasteiger partial charge in [0, 0.05) is 37.2 Å². The van der Waals surface area contributed by atoms with Crippen LogP contribution in [0.5, 0.6) is 0 Å². The van der Waals surface area contributed by atoms with E-state index in [9.17, 15) is 14.0 Å². The first-order valence-corrected chi connectivity index (χ1v) is 8.78. The normalized spacial score (nSPS) is 17.0. The van der Waals surface area contributed by atoms with Crippen molar-refractivity contribution >= 4 is 11.8 Å². The molecule has 1 N–H and O–H groups in total. The molecule has 1 fully saturated rings. The number of hydrogen-bond acceptors (Lipinski definition) is 3. The summed E-state index contributed by atoms with van der Waals surface area (Å²) < 4.78 is 14.0. The first-order chi connectivity index (χ1) is 12.5. The molecule has 0 spiro atoms. The van der Waals surface area contributed by atoms with E-state index in [1.54, 1.807) is 29.2 Å². The molecule has 0 unspecified atom stereocenters. The summed E-state index contributed by atoms with van der Waals surface area (Å²) in [5.74, 6) is -0.494. The number of amides is 2. The molecule has 2 aromatic rings. The van der Waals surface area contributed by atoms with Crippen LogP contribution in [0, 0.1) is 5.82 Å². The predicted molar refractivity (Wildman–Crippen MR) is 96.9 cm³/mol. The molecule has 0 bridgehead atoms. The minimum absolute atomic E-state index is 0.0186. The van der Waals surface area contributed by atoms with Crippen molar-refractivity contribution in [3.05, 3.63) is 54.0 Å². The number of halogens is 1. The van der Waals surface area contributed by atoms with E-state index in [1.807, 2.05) is 12.1 Å². The molecule has 2 heterocycles. The fourth-order valence-electron chi connectivity index (χ4n) is 3.25. The largest absolute Gasteiger partial charge is 0.347 e. The van der Waals surface area contributed by atoms with Crippen LogP contribution in [0.15, 0.2) is 42.5 Å². The number of likely N-dealkylation sites (tertiary alicyclic amines) is 1. The zero-order valence-corrected chi connectivity index (χ0v) is 14.7. The highest BCUT2D eigenvalue weighted by atomic mass is 19.1. The van der Waals surface area contributed by atoms with Gasteiger partial charge in [-0.15, -0.1) is 0 Å². The van der Waals surface area contributed by atoms with Crippen LogP contribution in [0.3, 0.4) is 0 Å². The van der Waals surface area contributed by atoms with Gasteiger partial charge in [-0.3, -0.25) is 14.6 Å². The van der Waals surface area contributed by atoms with Gasteiger partial charge in [-0.05, 0) is 37.1 Å². The SMILES string of the molecule is CC(=O)NCC(=O)N1CCC[C@@H](c2cccc(-c3ccccc3F)n2)C1. The maximum absolute atomic E-state index is 14.0. The van der Waals surface area contributed by atoms with Gasteiger partial charge in [0.15, 0.2) is 0 Å². The summed E-state index contributed by atoms with van der Waals surface area (Å²) >= 11 is 0. The first-order valence-electron chi connectivity index (χ1n) is 8.78. The average molecular weight is 355 g/mol. The molecule has 0 saturated carbocycles. The number of piperidine rings is 1. The molecule has 3 rings (SSSR count). The zero-order valence-electron chi connectivity index (χ0n) is 14.7. The van der Waals surface area contributed by atoms with Crippen molar-refractivity contribution < 1.29 is 14.0 Å². The summed E-state index contributed by atoms with van der Waals surface area (Å²) in [5.41, 5.74) is 1.94. The Hall–Kier alpha value is -2.76. The van der Waals surface area contributed by atoms with Crippen LogP contribution in [0.2, 0.25) is 0 Å². The standard InChI is InChI=1S/C20H22FN3O2/c1-14(25)22-12-20(26)24-11-5-6-15(13-24)18-9-4-10-19(23-18)16-7-2-3-8-17(16)21/h2-4,7-10,15H,5-6,11-13H2,1H3,(H,22,25)/t15-/m1/s1. The van der Waals surface area contributed by atoms with Gasteiger partial charge in [0.25, 0.3) is 0 Å². The van der Waals surface area contributed by atoms with Crippen molar-refractivity contribution in [1.29, 1.82) is 0 Å². The van der Waals surface area contributed by atoms with Crippen molar-refractivity contribution in [3.63, 3.8) is 0 Å². The van der Waals surface area contributed by atoms with E-state index < -0.39 is 0 Å². The third-order valence-electron chi connectivity index (χ3n) is 4.60. The molecule has 1 aliphatic heterocycles. The van der Waals surface area contributed by atoms with Crippen LogP contribution in [0.4, 0.5) is 4.39 Å². The minimum Gasteiger partial charge on any atom is -0.347 e. The zero-order chi connectivity index (χ0) is 18.5. The van der Waals surface area contributed by atoms with Crippen LogP contribution >= 0.6 is 0 Å². The molecule has 1 aliphatic rings. The second-order valence-corrected chi connectivity index (χ2v) is 6.52. The first kappa shape index (κ1) is 18.0. The Morgan fingerprint density at radius 1 is 1.23 bits per heavy atom. The molecular formula is C20H22FN3O2. The lowest BCUT2D eigenvalue weighted by atomic mass is 9.93. The predicted octanol–water partition coefficient (Wildman–Crippen LogP) is 2.73. The number of rotatable bonds is 4. The Kier molecular flexibility index (Phi) is 5.61. The van der Waals surface area contributed by atoms with Crippen LogP contribution in [-0.4, -0.2) is 41.3 Å². The number of carbonyl (C=O) groups is 2. The van der Waals surface area contributed by atoms with Crippen LogP contribution < -0.4 is 5.32 Å². The smallest absolute Gasteiger partial charge is 0.241 e. The lowest BCUT2D eigenvalue weighted by Crippen LogP contribution is -2.44. The summed E-state index contributed by atoms with van der Waals surface area (Å²) in [6.45, 7) is 2.66. The monoisotopic (exact) mass is 355 g/mol. The van der Waals surface area contributed by atoms with Gasteiger partial charge in [0.1, 0.15) is 5.82 Å². The lowest BCUT2D eigenvalue weighted by molar-refractivity contribution is -0.133. The van der Waals surface area contributed by atoms with Crippen molar-refractivity contribution in [1.82, 2.24) is 15.2 Å². The topological polar surface area (TPSA) is 62.3 Å². The van der Waals surface area contributed by atoms with Crippen molar-refractivity contribution in [3.8, 4) is 11.3 Å². The van der Waals surface area contributed by atoms with Crippen molar-refractivity contribution in [2.24, 2.45) is 0 Å². The molecule has 2 amide bonds. The third kappa shape index (κ3) is 4.25. The molecule has 0 aliphatic carbocycles. The summed E-state index contributed by atoms with van der Waals surface area (Å²) in [4.78, 5) is 29.7. The quantitative estimate of drug-likeness (QED) is 0.917. The van der Waals surface area contributed by atoms with Crippen LogP contribution in [-0.2, 0) is 9.59 Å². The third-order valence-corrected chi connectivity index (χ3v) is 4.60. The molecule has 0 radical (unpaired) electrons. The summed E-state index contributed by atoms with van der Waals surface area (Å²) in [6, 6.07) is 12.2. The number of nitrogens with one attached hydrogen (secondary N) is 1. The van der Waals surface area contributed by atoms with E-state index in [0.717, 1.165) is 18.5 Å². The second-order valence-electron chi connectivity index (χ2n) is 6.52. The van der Waals surface area contributed by atoms with Gasteiger partial charge in [-0.25, -0.2) is 4.39 Å². The van der Waals surface area contributed by atoms with Gasteiger partial charge in [-0.2, -0.15) is 0 Å². The van der Waals surface area contributed by atoms with Gasteiger partial charge in [-0.1, -0.05) is 18.2 Å². The molecule has 1 aromatic carbocycles. The van der Waals surface area contributed by atoms with Gasteiger partial charge in [0.05, 0.1) is 12.2 Å². The van der Waals surface area contributed by atoms with E-state index in [1.165, 1.54) is 13.0 Å². The second kappa shape index (κ2) is 8.08. The Morgan fingerprint density at radius 3 is 2.81 bits per heavy atom. The maximum atomic E-state index is 14.0. The van der Waals surface area contributed by atoms with Crippen molar-refractivity contribution in [2.75, 3.05) is 19.6 Å². The van der Waals surface area contributed by atoms with Crippen molar-refractivity contribution in [2.45, 2.75) is 25.7 Å². The molecule has 136 valence electrons. The van der Waals surface area contributed by atoms with Gasteiger partial charge >= 0.3 is 0 Å². The Bertz CT molecular complexity index is 809. The highest BCUT2D eigenvalue weighted by Crippen LogP contribution is 2.28. The fraction of sp³-hybridized carbons (Fsp3) is 0.350. The highest BCUT2D eigenvalue weighted by molar-refractivity contribution is 5.83. The number of carbonyl (C=O) groups excluding carboxylic acids is 2. The molecule has 1 aromatic heterocycles. The van der Waals surface area contributed by atoms with Crippen LogP contribution in [0.1, 0.15) is 31.4 Å². The summed E-state index contributed by atoms with van der Waals surface area (Å²) in [7, 11) is 0. The number of benzene rings is 1. The van der Waals surface area contributed by atoms with E-state index >= 15 is 0 Å². The Labute approximate surface area is 152 Å². The van der Waals surface area contributed by atoms with E-state index in [2.05, 4.69) is 10.3 Å². The summed E-state index contributed by atoms with van der Waals surface area (Å²) in [5, 5.41) is 2.55. The van der Waals surface area contributed by atoms with Crippen LogP contribution in [0.25, 0.3) is 11.3 Å². The van der Waals surface area contributed by atoms with E-state index in [4.69, 9.17) is 0 Å². The molecule has 6 heteroatoms.